The molecule has 1 amide bonds. The minimum absolute atomic E-state index is 0.116. The Balaban J connectivity index is 1.97. The van der Waals surface area contributed by atoms with Crippen molar-refractivity contribution in [1.29, 1.82) is 0 Å². The maximum absolute atomic E-state index is 12.3. The second-order valence-electron chi connectivity index (χ2n) is 5.17. The maximum Gasteiger partial charge on any atom is 0.272 e. The lowest BCUT2D eigenvalue weighted by molar-refractivity contribution is -0.120. The van der Waals surface area contributed by atoms with Crippen LogP contribution < -0.4 is 21.8 Å². The van der Waals surface area contributed by atoms with Gasteiger partial charge in [-0.2, -0.15) is 0 Å². The molecule has 1 saturated heterocycles. The summed E-state index contributed by atoms with van der Waals surface area (Å²) >= 11 is 0. The zero-order valence-electron chi connectivity index (χ0n) is 11.4. The molecule has 1 aliphatic heterocycles. The molecule has 2 aromatic rings. The lowest BCUT2D eigenvalue weighted by Crippen LogP contribution is -2.37. The van der Waals surface area contributed by atoms with Crippen molar-refractivity contribution in [1.82, 2.24) is 15.5 Å². The van der Waals surface area contributed by atoms with E-state index in [1.807, 2.05) is 0 Å². The molecule has 4 N–H and O–H groups in total. The molecule has 1 aromatic carbocycles. The van der Waals surface area contributed by atoms with Crippen LogP contribution in [0.2, 0.25) is 0 Å². The molecule has 0 aliphatic carbocycles. The first-order valence-corrected chi connectivity index (χ1v) is 6.92. The summed E-state index contributed by atoms with van der Waals surface area (Å²) in [6.45, 7) is 1.56. The molecule has 0 spiro atoms. The predicted molar refractivity (Wildman–Crippen MR) is 79.4 cm³/mol. The Morgan fingerprint density at radius 2 is 2.00 bits per heavy atom. The average Bonchev–Trinajstić information content (AvgIpc) is 2.52. The van der Waals surface area contributed by atoms with Gasteiger partial charge < -0.3 is 10.6 Å². The van der Waals surface area contributed by atoms with Crippen LogP contribution in [0.5, 0.6) is 0 Å². The zero-order valence-corrected chi connectivity index (χ0v) is 11.4. The Morgan fingerprint density at radius 1 is 1.19 bits per heavy atom. The lowest BCUT2D eigenvalue weighted by Gasteiger charge is -2.22. The molecule has 1 unspecified atom stereocenters. The van der Waals surface area contributed by atoms with E-state index in [2.05, 4.69) is 20.8 Å². The van der Waals surface area contributed by atoms with Gasteiger partial charge in [0.15, 0.2) is 0 Å². The summed E-state index contributed by atoms with van der Waals surface area (Å²) in [4.78, 5) is 35.9. The Morgan fingerprint density at radius 3 is 2.76 bits per heavy atom. The van der Waals surface area contributed by atoms with Crippen LogP contribution in [0.1, 0.15) is 12.8 Å². The Labute approximate surface area is 119 Å². The summed E-state index contributed by atoms with van der Waals surface area (Å²) in [7, 11) is 0. The molecule has 0 bridgehead atoms. The molecule has 1 atom stereocenters. The highest BCUT2D eigenvalue weighted by Gasteiger charge is 2.21. The van der Waals surface area contributed by atoms with Gasteiger partial charge in [-0.05, 0) is 31.5 Å². The molecule has 21 heavy (non-hydrogen) atoms. The first kappa shape index (κ1) is 13.6. The number of fused-ring (bicyclic) bond motifs is 1. The summed E-state index contributed by atoms with van der Waals surface area (Å²) in [5, 5.41) is 11.0. The van der Waals surface area contributed by atoms with E-state index in [0.717, 1.165) is 19.4 Å². The minimum atomic E-state index is -0.428. The van der Waals surface area contributed by atoms with Gasteiger partial charge in [-0.25, -0.2) is 0 Å². The second-order valence-corrected chi connectivity index (χ2v) is 5.17. The number of piperidine rings is 1. The van der Waals surface area contributed by atoms with Crippen molar-refractivity contribution < 1.29 is 4.79 Å². The van der Waals surface area contributed by atoms with Crippen molar-refractivity contribution in [2.75, 3.05) is 18.4 Å². The number of benzene rings is 1. The fourth-order valence-electron chi connectivity index (χ4n) is 2.64. The first-order chi connectivity index (χ1) is 10.2. The van der Waals surface area contributed by atoms with Crippen LogP contribution in [0.4, 0.5) is 5.69 Å². The van der Waals surface area contributed by atoms with Gasteiger partial charge >= 0.3 is 0 Å². The molecular formula is C14H16N4O3. The fraction of sp³-hybridized carbons (Fsp3) is 0.357. The van der Waals surface area contributed by atoms with E-state index in [0.29, 0.717) is 12.2 Å². The molecule has 3 rings (SSSR count). The van der Waals surface area contributed by atoms with Gasteiger partial charge in [0.1, 0.15) is 0 Å². The highest BCUT2D eigenvalue weighted by Crippen LogP contribution is 2.19. The molecule has 1 fully saturated rings. The number of H-pyrrole nitrogens is 2. The summed E-state index contributed by atoms with van der Waals surface area (Å²) in [6.07, 6.45) is 1.77. The molecule has 1 aliphatic rings. The van der Waals surface area contributed by atoms with Crippen LogP contribution in [-0.4, -0.2) is 29.2 Å². The molecule has 0 saturated carbocycles. The highest BCUT2D eigenvalue weighted by atomic mass is 16.2. The zero-order chi connectivity index (χ0) is 14.8. The molecule has 7 heteroatoms. The van der Waals surface area contributed by atoms with Crippen LogP contribution in [0, 0.1) is 5.92 Å². The predicted octanol–water partition coefficient (Wildman–Crippen LogP) is 0.154. The van der Waals surface area contributed by atoms with E-state index in [1.165, 1.54) is 0 Å². The minimum Gasteiger partial charge on any atom is -0.325 e. The van der Waals surface area contributed by atoms with Crippen molar-refractivity contribution >= 4 is 22.4 Å². The Hall–Kier alpha value is -2.41. The van der Waals surface area contributed by atoms with Crippen molar-refractivity contribution in [2.24, 2.45) is 5.92 Å². The molecule has 0 radical (unpaired) electrons. The summed E-state index contributed by atoms with van der Waals surface area (Å²) in [5.41, 5.74) is -0.447. The second kappa shape index (κ2) is 5.53. The Bertz CT molecular complexity index is 787. The SMILES string of the molecule is O=C(Nc1cccc2c(=O)[nH][nH]c(=O)c12)C1CCCNC1. The summed E-state index contributed by atoms with van der Waals surface area (Å²) in [5.74, 6) is -0.246. The highest BCUT2D eigenvalue weighted by molar-refractivity contribution is 6.02. The van der Waals surface area contributed by atoms with Crippen molar-refractivity contribution in [3.63, 3.8) is 0 Å². The van der Waals surface area contributed by atoms with Gasteiger partial charge in [0.05, 0.1) is 22.4 Å². The number of aromatic nitrogens is 2. The number of carbonyl (C=O) groups excluding carboxylic acids is 1. The van der Waals surface area contributed by atoms with Gasteiger partial charge in [-0.3, -0.25) is 24.6 Å². The Kier molecular flexibility index (Phi) is 3.57. The van der Waals surface area contributed by atoms with Crippen LogP contribution in [0.15, 0.2) is 27.8 Å². The third-order valence-corrected chi connectivity index (χ3v) is 3.75. The standard InChI is InChI=1S/C14H16N4O3/c19-12(8-3-2-6-15-7-8)16-10-5-1-4-9-11(10)14(21)18-17-13(9)20/h1,4-5,8,15H,2-3,6-7H2,(H,16,19)(H,17,20)(H,18,21). The number of carbonyl (C=O) groups is 1. The van der Waals surface area contributed by atoms with Gasteiger partial charge in [0.25, 0.3) is 11.1 Å². The van der Waals surface area contributed by atoms with Crippen LogP contribution >= 0.6 is 0 Å². The van der Waals surface area contributed by atoms with E-state index in [-0.39, 0.29) is 28.2 Å². The van der Waals surface area contributed by atoms with E-state index < -0.39 is 5.56 Å². The van der Waals surface area contributed by atoms with Gasteiger partial charge in [0, 0.05) is 6.54 Å². The monoisotopic (exact) mass is 288 g/mol. The van der Waals surface area contributed by atoms with Crippen LogP contribution in [-0.2, 0) is 4.79 Å². The number of anilines is 1. The van der Waals surface area contributed by atoms with E-state index in [9.17, 15) is 14.4 Å². The topological polar surface area (TPSA) is 107 Å². The number of aromatic amines is 2. The smallest absolute Gasteiger partial charge is 0.272 e. The van der Waals surface area contributed by atoms with Crippen molar-refractivity contribution in [2.45, 2.75) is 12.8 Å². The number of rotatable bonds is 2. The van der Waals surface area contributed by atoms with Gasteiger partial charge in [-0.15, -0.1) is 0 Å². The first-order valence-electron chi connectivity index (χ1n) is 6.92. The molecule has 110 valence electrons. The van der Waals surface area contributed by atoms with E-state index in [4.69, 9.17) is 0 Å². The number of nitrogens with one attached hydrogen (secondary N) is 4. The fourth-order valence-corrected chi connectivity index (χ4v) is 2.64. The molecule has 1 aromatic heterocycles. The largest absolute Gasteiger partial charge is 0.325 e. The average molecular weight is 288 g/mol. The quantitative estimate of drug-likeness (QED) is 0.631. The number of hydrogen-bond donors (Lipinski definition) is 4. The normalized spacial score (nSPS) is 18.6. The molecule has 7 nitrogen and oxygen atoms in total. The number of hydrogen-bond acceptors (Lipinski definition) is 4. The summed E-state index contributed by atoms with van der Waals surface area (Å²) in [6, 6.07) is 4.83. The summed E-state index contributed by atoms with van der Waals surface area (Å²) < 4.78 is 0. The van der Waals surface area contributed by atoms with Gasteiger partial charge in [-0.1, -0.05) is 6.07 Å². The molecule has 2 heterocycles. The van der Waals surface area contributed by atoms with Crippen LogP contribution in [0.25, 0.3) is 10.8 Å². The van der Waals surface area contributed by atoms with E-state index in [1.54, 1.807) is 18.2 Å². The van der Waals surface area contributed by atoms with Gasteiger partial charge in [0.2, 0.25) is 5.91 Å². The maximum atomic E-state index is 12.3. The van der Waals surface area contributed by atoms with Crippen molar-refractivity contribution in [3.8, 4) is 0 Å². The van der Waals surface area contributed by atoms with Crippen molar-refractivity contribution in [3.05, 3.63) is 38.9 Å². The van der Waals surface area contributed by atoms with Crippen LogP contribution in [0.3, 0.4) is 0 Å². The third kappa shape index (κ3) is 2.59. The lowest BCUT2D eigenvalue weighted by atomic mass is 9.98. The third-order valence-electron chi connectivity index (χ3n) is 3.75. The molecular weight excluding hydrogens is 272 g/mol. The van der Waals surface area contributed by atoms with E-state index >= 15 is 0 Å². The number of amides is 1.